The summed E-state index contributed by atoms with van der Waals surface area (Å²) in [5.74, 6) is -0.281. The molecule has 0 atom stereocenters. The minimum Gasteiger partial charge on any atom is -0.478 e. The summed E-state index contributed by atoms with van der Waals surface area (Å²) < 4.78 is 5.70. The maximum atomic E-state index is 11.6. The Morgan fingerprint density at radius 1 is 1.27 bits per heavy atom. The Morgan fingerprint density at radius 2 is 2.08 bits per heavy atom. The third-order valence-corrected chi connectivity index (χ3v) is 3.63. The first-order valence-electron chi connectivity index (χ1n) is 7.72. The Hall–Kier alpha value is -3.62. The molecule has 9 heteroatoms. The van der Waals surface area contributed by atoms with E-state index in [0.717, 1.165) is 0 Å². The molecule has 0 saturated carbocycles. The second-order valence-electron chi connectivity index (χ2n) is 5.72. The van der Waals surface area contributed by atoms with E-state index >= 15 is 0 Å². The Balaban J connectivity index is 1.77. The molecule has 0 aliphatic rings. The van der Waals surface area contributed by atoms with E-state index in [1.807, 2.05) is 0 Å². The summed E-state index contributed by atoms with van der Waals surface area (Å²) in [6, 6.07) is 6.45. The predicted molar refractivity (Wildman–Crippen MR) is 93.3 cm³/mol. The summed E-state index contributed by atoms with van der Waals surface area (Å²) in [4.78, 5) is 35.3. The van der Waals surface area contributed by atoms with Gasteiger partial charge in [0, 0.05) is 37.3 Å². The van der Waals surface area contributed by atoms with Crippen LogP contribution in [0.25, 0.3) is 10.9 Å². The molecular weight excluding hydrogens is 338 g/mol. The summed E-state index contributed by atoms with van der Waals surface area (Å²) in [7, 11) is 3.29. The first kappa shape index (κ1) is 17.2. The number of hydrogen-bond acceptors (Lipinski definition) is 5. The number of rotatable bonds is 5. The summed E-state index contributed by atoms with van der Waals surface area (Å²) in [5, 5.41) is 12.5. The molecule has 26 heavy (non-hydrogen) atoms. The monoisotopic (exact) mass is 355 g/mol. The molecule has 2 amide bonds. The second-order valence-corrected chi connectivity index (χ2v) is 5.72. The molecule has 0 aliphatic carbocycles. The number of carboxylic acids is 1. The number of hydrogen-bond donors (Lipinski definition) is 3. The van der Waals surface area contributed by atoms with E-state index in [4.69, 9.17) is 4.74 Å². The molecule has 2 heterocycles. The summed E-state index contributed by atoms with van der Waals surface area (Å²) in [6.45, 7) is 0.232. The third-order valence-electron chi connectivity index (χ3n) is 3.63. The predicted octanol–water partition coefficient (Wildman–Crippen LogP) is 2.22. The zero-order valence-corrected chi connectivity index (χ0v) is 14.2. The average molecular weight is 355 g/mol. The van der Waals surface area contributed by atoms with Crippen molar-refractivity contribution < 1.29 is 19.4 Å². The van der Waals surface area contributed by atoms with Crippen molar-refractivity contribution in [3.05, 3.63) is 48.0 Å². The minimum absolute atomic E-state index is 0.167. The Labute approximate surface area is 148 Å². The van der Waals surface area contributed by atoms with Crippen LogP contribution in [-0.4, -0.2) is 51.1 Å². The van der Waals surface area contributed by atoms with Crippen molar-refractivity contribution >= 4 is 22.9 Å². The topological polar surface area (TPSA) is 120 Å². The van der Waals surface area contributed by atoms with E-state index in [2.05, 4.69) is 20.3 Å². The summed E-state index contributed by atoms with van der Waals surface area (Å²) in [5.41, 5.74) is 1.45. The van der Waals surface area contributed by atoms with Crippen molar-refractivity contribution in [1.29, 1.82) is 0 Å². The number of H-pyrrole nitrogens is 1. The van der Waals surface area contributed by atoms with Gasteiger partial charge < -0.3 is 25.0 Å². The SMILES string of the molecule is CN(C)C(=O)NCc1cc(Oc2ccc3[nH]cc(C(=O)O)c3c2)ncn1. The number of ether oxygens (including phenoxy) is 1. The lowest BCUT2D eigenvalue weighted by atomic mass is 10.1. The highest BCUT2D eigenvalue weighted by Gasteiger charge is 2.12. The van der Waals surface area contributed by atoms with E-state index in [9.17, 15) is 14.7 Å². The first-order chi connectivity index (χ1) is 12.4. The van der Waals surface area contributed by atoms with Crippen LogP contribution in [0.15, 0.2) is 36.8 Å². The minimum atomic E-state index is -1.02. The molecule has 0 unspecified atom stereocenters. The van der Waals surface area contributed by atoms with E-state index in [-0.39, 0.29) is 18.1 Å². The van der Waals surface area contributed by atoms with Crippen LogP contribution >= 0.6 is 0 Å². The van der Waals surface area contributed by atoms with Gasteiger partial charge in [0.1, 0.15) is 12.1 Å². The van der Waals surface area contributed by atoms with Gasteiger partial charge in [-0.05, 0) is 18.2 Å². The zero-order chi connectivity index (χ0) is 18.7. The largest absolute Gasteiger partial charge is 0.478 e. The number of aromatic nitrogens is 3. The van der Waals surface area contributed by atoms with Crippen molar-refractivity contribution in [2.75, 3.05) is 14.1 Å². The molecule has 0 spiro atoms. The number of benzene rings is 1. The molecule has 134 valence electrons. The fraction of sp³-hybridized carbons (Fsp3) is 0.176. The van der Waals surface area contributed by atoms with Crippen LogP contribution < -0.4 is 10.1 Å². The fourth-order valence-corrected chi connectivity index (χ4v) is 2.31. The molecule has 0 aliphatic heterocycles. The lowest BCUT2D eigenvalue weighted by Gasteiger charge is -2.11. The van der Waals surface area contributed by atoms with Gasteiger partial charge in [-0.2, -0.15) is 0 Å². The van der Waals surface area contributed by atoms with Gasteiger partial charge in [-0.15, -0.1) is 0 Å². The van der Waals surface area contributed by atoms with E-state index in [0.29, 0.717) is 28.2 Å². The van der Waals surface area contributed by atoms with Gasteiger partial charge in [-0.1, -0.05) is 0 Å². The molecule has 1 aromatic carbocycles. The molecule has 0 radical (unpaired) electrons. The molecule has 0 bridgehead atoms. The number of urea groups is 1. The maximum Gasteiger partial charge on any atom is 0.337 e. The van der Waals surface area contributed by atoms with E-state index in [1.165, 1.54) is 17.4 Å². The van der Waals surface area contributed by atoms with Crippen LogP contribution in [0.4, 0.5) is 4.79 Å². The summed E-state index contributed by atoms with van der Waals surface area (Å²) in [6.07, 6.45) is 2.77. The molecule has 0 fully saturated rings. The number of aromatic carboxylic acids is 1. The number of carboxylic acid groups (broad SMARTS) is 1. The third kappa shape index (κ3) is 3.72. The zero-order valence-electron chi connectivity index (χ0n) is 14.2. The van der Waals surface area contributed by atoms with Gasteiger partial charge in [0.25, 0.3) is 0 Å². The van der Waals surface area contributed by atoms with Crippen LogP contribution in [0.5, 0.6) is 11.6 Å². The maximum absolute atomic E-state index is 11.6. The van der Waals surface area contributed by atoms with Crippen molar-refractivity contribution in [2.24, 2.45) is 0 Å². The van der Waals surface area contributed by atoms with Crippen LogP contribution in [0.3, 0.4) is 0 Å². The van der Waals surface area contributed by atoms with Crippen molar-refractivity contribution in [1.82, 2.24) is 25.2 Å². The van der Waals surface area contributed by atoms with Crippen LogP contribution in [0.1, 0.15) is 16.1 Å². The molecule has 2 aromatic heterocycles. The van der Waals surface area contributed by atoms with Gasteiger partial charge in [-0.3, -0.25) is 0 Å². The van der Waals surface area contributed by atoms with Crippen LogP contribution in [0, 0.1) is 0 Å². The molecule has 3 aromatic rings. The number of nitrogens with one attached hydrogen (secondary N) is 2. The van der Waals surface area contributed by atoms with Crippen molar-refractivity contribution in [3.8, 4) is 11.6 Å². The van der Waals surface area contributed by atoms with Crippen molar-refractivity contribution in [2.45, 2.75) is 6.54 Å². The van der Waals surface area contributed by atoms with E-state index < -0.39 is 5.97 Å². The van der Waals surface area contributed by atoms with Crippen LogP contribution in [-0.2, 0) is 6.54 Å². The highest BCUT2D eigenvalue weighted by molar-refractivity contribution is 6.03. The second kappa shape index (κ2) is 7.09. The number of carbonyl (C=O) groups is 2. The number of fused-ring (bicyclic) bond motifs is 1. The number of nitrogens with zero attached hydrogens (tertiary/aromatic N) is 3. The van der Waals surface area contributed by atoms with Gasteiger partial charge in [0.05, 0.1) is 17.8 Å². The Bertz CT molecular complexity index is 967. The lowest BCUT2D eigenvalue weighted by molar-refractivity contribution is 0.0699. The van der Waals surface area contributed by atoms with Gasteiger partial charge in [-0.25, -0.2) is 19.6 Å². The molecule has 3 rings (SSSR count). The number of carbonyl (C=O) groups excluding carboxylic acids is 1. The normalized spacial score (nSPS) is 10.5. The number of aromatic amines is 1. The highest BCUT2D eigenvalue weighted by Crippen LogP contribution is 2.26. The van der Waals surface area contributed by atoms with Crippen molar-refractivity contribution in [3.63, 3.8) is 0 Å². The van der Waals surface area contributed by atoms with Gasteiger partial charge >= 0.3 is 12.0 Å². The average Bonchev–Trinajstić information content (AvgIpc) is 3.03. The van der Waals surface area contributed by atoms with Crippen LogP contribution in [0.2, 0.25) is 0 Å². The Morgan fingerprint density at radius 3 is 2.81 bits per heavy atom. The molecule has 0 saturated heterocycles. The quantitative estimate of drug-likeness (QED) is 0.645. The first-order valence-corrected chi connectivity index (χ1v) is 7.72. The molecule has 3 N–H and O–H groups in total. The number of amides is 2. The smallest absolute Gasteiger partial charge is 0.337 e. The lowest BCUT2D eigenvalue weighted by Crippen LogP contribution is -2.34. The van der Waals surface area contributed by atoms with Gasteiger partial charge in [0.15, 0.2) is 0 Å². The highest BCUT2D eigenvalue weighted by atomic mass is 16.5. The molecular formula is C17H17N5O4. The van der Waals surface area contributed by atoms with Gasteiger partial charge in [0.2, 0.25) is 5.88 Å². The fourth-order valence-electron chi connectivity index (χ4n) is 2.31. The Kier molecular flexibility index (Phi) is 4.70. The molecule has 9 nitrogen and oxygen atoms in total. The standard InChI is InChI=1S/C17H17N5O4/c1-22(2)17(25)19-7-10-5-15(21-9-20-10)26-11-3-4-14-12(6-11)13(8-18-14)16(23)24/h3-6,8-9,18H,7H2,1-2H3,(H,19,25)(H,23,24). The van der Waals surface area contributed by atoms with E-state index in [1.54, 1.807) is 38.4 Å². The summed E-state index contributed by atoms with van der Waals surface area (Å²) >= 11 is 0.